The van der Waals surface area contributed by atoms with Crippen molar-refractivity contribution in [2.24, 2.45) is 0 Å². The molecule has 0 aliphatic heterocycles. The molecule has 0 bridgehead atoms. The summed E-state index contributed by atoms with van der Waals surface area (Å²) in [6.45, 7) is 2.24. The van der Waals surface area contributed by atoms with Gasteiger partial charge in [0, 0.05) is 12.8 Å². The Bertz CT molecular complexity index is 1140. The maximum Gasteiger partial charge on any atom is 0.472 e. The number of unbranched alkanes of at least 4 members (excludes halogenated alkanes) is 23. The summed E-state index contributed by atoms with van der Waals surface area (Å²) in [6.07, 6.45) is 49.5. The van der Waals surface area contributed by atoms with Crippen molar-refractivity contribution in [1.29, 1.82) is 0 Å². The summed E-state index contributed by atoms with van der Waals surface area (Å²) >= 11 is 0. The molecule has 0 spiro atoms. The van der Waals surface area contributed by atoms with Crippen molar-refractivity contribution < 1.29 is 47.8 Å². The molecule has 0 aliphatic carbocycles. The van der Waals surface area contributed by atoms with E-state index < -0.39 is 51.8 Å². The maximum absolute atomic E-state index is 12.6. The van der Waals surface area contributed by atoms with E-state index in [2.05, 4.69) is 62.5 Å². The molecule has 3 atom stereocenters. The fourth-order valence-electron chi connectivity index (χ4n) is 6.57. The van der Waals surface area contributed by atoms with Crippen LogP contribution in [0.2, 0.25) is 0 Å². The van der Waals surface area contributed by atoms with Crippen LogP contribution in [0.5, 0.6) is 0 Å². The van der Waals surface area contributed by atoms with Crippen molar-refractivity contribution in [1.82, 2.24) is 0 Å². The highest BCUT2D eigenvalue weighted by atomic mass is 31.2. The lowest BCUT2D eigenvalue weighted by Crippen LogP contribution is -2.29. The topological polar surface area (TPSA) is 149 Å². The Balaban J connectivity index is 4.20. The highest BCUT2D eigenvalue weighted by molar-refractivity contribution is 7.47. The first kappa shape index (κ1) is 57.9. The molecule has 1 unspecified atom stereocenters. The fourth-order valence-corrected chi connectivity index (χ4v) is 7.36. The molecular weight excluding hydrogens is 780 g/mol. The molecule has 3 N–H and O–H groups in total. The number of carbonyl (C=O) groups is 2. The predicted molar refractivity (Wildman–Crippen MR) is 247 cm³/mol. The third kappa shape index (κ3) is 44.0. The Morgan fingerprint density at radius 1 is 0.517 bits per heavy atom. The van der Waals surface area contributed by atoms with Crippen LogP contribution in [0.15, 0.2) is 48.6 Å². The number of carbonyl (C=O) groups excluding carboxylic acids is 2. The molecule has 0 amide bonds. The number of allylic oxidation sites excluding steroid dienone is 8. The van der Waals surface area contributed by atoms with E-state index in [4.69, 9.17) is 23.6 Å². The van der Waals surface area contributed by atoms with Crippen molar-refractivity contribution in [3.8, 4) is 0 Å². The molecule has 0 heterocycles. The van der Waals surface area contributed by atoms with E-state index in [0.29, 0.717) is 12.8 Å². The third-order valence-corrected chi connectivity index (χ3v) is 11.2. The van der Waals surface area contributed by atoms with Crippen molar-refractivity contribution in [3.63, 3.8) is 0 Å². The van der Waals surface area contributed by atoms with E-state index in [9.17, 15) is 24.2 Å². The molecule has 0 aromatic carbocycles. The molecule has 0 aromatic heterocycles. The standard InChI is InChI=1S/C49H89O10P/c1-3-5-7-9-11-13-15-17-19-20-21-22-23-24-25-27-28-30-32-34-36-38-40-48(52)56-44-47(45-58-60(54,55)57-43-46(51)42-50)59-49(53)41-39-37-35-33-31-29-26-18-16-14-12-10-8-6-4-2/h6,8,12,14,18,26,31,33,46-47,50-51H,3-5,7,9-11,13,15-17,19-25,27-30,32,34-45H2,1-2H3,(H,54,55)/b8-6+,14-12+,26-18+,33-31+/t46-,47-/m1/s1. The zero-order chi connectivity index (χ0) is 44.0. The molecule has 10 nitrogen and oxygen atoms in total. The monoisotopic (exact) mass is 869 g/mol. The summed E-state index contributed by atoms with van der Waals surface area (Å²) in [4.78, 5) is 35.1. The van der Waals surface area contributed by atoms with Crippen LogP contribution in [0.25, 0.3) is 0 Å². The summed E-state index contributed by atoms with van der Waals surface area (Å²) in [5, 5.41) is 18.4. The molecule has 60 heavy (non-hydrogen) atoms. The number of phosphoric acid groups is 1. The Labute approximate surface area is 366 Å². The Kier molecular flexibility index (Phi) is 43.4. The van der Waals surface area contributed by atoms with Gasteiger partial charge in [-0.05, 0) is 51.4 Å². The van der Waals surface area contributed by atoms with Gasteiger partial charge in [0.25, 0.3) is 0 Å². The zero-order valence-corrected chi connectivity index (χ0v) is 39.1. The summed E-state index contributed by atoms with van der Waals surface area (Å²) in [5.41, 5.74) is 0. The smallest absolute Gasteiger partial charge is 0.462 e. The molecular formula is C49H89O10P. The number of aliphatic hydroxyl groups excluding tert-OH is 2. The zero-order valence-electron chi connectivity index (χ0n) is 38.2. The van der Waals surface area contributed by atoms with E-state index in [1.54, 1.807) is 0 Å². The van der Waals surface area contributed by atoms with E-state index in [0.717, 1.165) is 57.8 Å². The highest BCUT2D eigenvalue weighted by Crippen LogP contribution is 2.43. The Morgan fingerprint density at radius 3 is 1.38 bits per heavy atom. The Morgan fingerprint density at radius 2 is 0.917 bits per heavy atom. The average Bonchev–Trinajstić information content (AvgIpc) is 3.24. The van der Waals surface area contributed by atoms with Gasteiger partial charge in [-0.15, -0.1) is 0 Å². The quantitative estimate of drug-likeness (QED) is 0.0234. The van der Waals surface area contributed by atoms with Crippen LogP contribution >= 0.6 is 7.82 Å². The minimum absolute atomic E-state index is 0.132. The molecule has 350 valence electrons. The second kappa shape index (κ2) is 45.0. The van der Waals surface area contributed by atoms with Gasteiger partial charge >= 0.3 is 19.8 Å². The first-order valence-corrected chi connectivity index (χ1v) is 25.6. The number of phosphoric ester groups is 1. The van der Waals surface area contributed by atoms with Crippen molar-refractivity contribution in [3.05, 3.63) is 48.6 Å². The van der Waals surface area contributed by atoms with Gasteiger partial charge in [0.1, 0.15) is 12.7 Å². The molecule has 0 fully saturated rings. The second-order valence-corrected chi connectivity index (χ2v) is 17.6. The largest absolute Gasteiger partial charge is 0.472 e. The third-order valence-electron chi connectivity index (χ3n) is 10.2. The molecule has 0 radical (unpaired) electrons. The lowest BCUT2D eigenvalue weighted by Gasteiger charge is -2.20. The number of rotatable bonds is 45. The van der Waals surface area contributed by atoms with Crippen LogP contribution in [0.3, 0.4) is 0 Å². The first-order chi connectivity index (χ1) is 29.2. The summed E-state index contributed by atoms with van der Waals surface area (Å²) < 4.78 is 32.7. The van der Waals surface area contributed by atoms with Crippen LogP contribution < -0.4 is 0 Å². The molecule has 0 saturated carbocycles. The van der Waals surface area contributed by atoms with Crippen LogP contribution in [0.1, 0.15) is 213 Å². The normalized spacial score (nSPS) is 14.2. The van der Waals surface area contributed by atoms with E-state index >= 15 is 0 Å². The highest BCUT2D eigenvalue weighted by Gasteiger charge is 2.27. The number of esters is 2. The van der Waals surface area contributed by atoms with Gasteiger partial charge in [-0.3, -0.25) is 18.6 Å². The van der Waals surface area contributed by atoms with Gasteiger partial charge in [0.05, 0.1) is 19.8 Å². The predicted octanol–water partition coefficient (Wildman–Crippen LogP) is 13.3. The van der Waals surface area contributed by atoms with E-state index in [1.165, 1.54) is 116 Å². The van der Waals surface area contributed by atoms with Crippen LogP contribution in [0, 0.1) is 0 Å². The van der Waals surface area contributed by atoms with Gasteiger partial charge in [0.15, 0.2) is 6.10 Å². The van der Waals surface area contributed by atoms with Crippen molar-refractivity contribution >= 4 is 19.8 Å². The average molecular weight is 869 g/mol. The van der Waals surface area contributed by atoms with Gasteiger partial charge in [0.2, 0.25) is 0 Å². The lowest BCUT2D eigenvalue weighted by atomic mass is 10.0. The summed E-state index contributed by atoms with van der Waals surface area (Å²) in [6, 6.07) is 0. The van der Waals surface area contributed by atoms with Crippen LogP contribution in [0.4, 0.5) is 0 Å². The first-order valence-electron chi connectivity index (χ1n) is 24.1. The van der Waals surface area contributed by atoms with Gasteiger partial charge in [-0.1, -0.05) is 197 Å². The fraction of sp³-hybridized carbons (Fsp3) is 0.796. The van der Waals surface area contributed by atoms with Gasteiger partial charge in [-0.25, -0.2) is 4.57 Å². The molecule has 0 aliphatic rings. The molecule has 11 heteroatoms. The number of ether oxygens (including phenoxy) is 2. The van der Waals surface area contributed by atoms with Gasteiger partial charge < -0.3 is 24.6 Å². The number of hydrogen-bond acceptors (Lipinski definition) is 9. The van der Waals surface area contributed by atoms with Crippen molar-refractivity contribution in [2.45, 2.75) is 225 Å². The van der Waals surface area contributed by atoms with Crippen LogP contribution in [-0.2, 0) is 32.7 Å². The molecule has 0 saturated heterocycles. The summed E-state index contributed by atoms with van der Waals surface area (Å²) in [7, 11) is -4.63. The summed E-state index contributed by atoms with van der Waals surface area (Å²) in [5.74, 6) is -0.967. The number of hydrogen-bond donors (Lipinski definition) is 3. The Hall–Kier alpha value is -2.07. The van der Waals surface area contributed by atoms with Crippen LogP contribution in [-0.4, -0.2) is 65.7 Å². The second-order valence-electron chi connectivity index (χ2n) is 16.1. The maximum atomic E-state index is 12.6. The number of aliphatic hydroxyl groups is 2. The minimum atomic E-state index is -4.63. The molecule has 0 aromatic rings. The van der Waals surface area contributed by atoms with Gasteiger partial charge in [-0.2, -0.15) is 0 Å². The van der Waals surface area contributed by atoms with E-state index in [1.807, 2.05) is 0 Å². The SMILES string of the molecule is CC/C=C/C/C=C/C/C=C/C/C=C/CCCCC(=O)O[C@H](COC(=O)CCCCCCCCCCCCCCCCCCCCCCCC)COP(=O)(O)OC[C@H](O)CO. The lowest BCUT2D eigenvalue weighted by molar-refractivity contribution is -0.161. The van der Waals surface area contributed by atoms with E-state index in [-0.39, 0.29) is 19.4 Å². The molecule has 0 rings (SSSR count). The van der Waals surface area contributed by atoms with Crippen molar-refractivity contribution in [2.75, 3.05) is 26.4 Å². The minimum Gasteiger partial charge on any atom is -0.462 e.